The van der Waals surface area contributed by atoms with Gasteiger partial charge in [-0.3, -0.25) is 4.79 Å². The number of hydrogen-bond acceptors (Lipinski definition) is 2. The van der Waals surface area contributed by atoms with Gasteiger partial charge in [0.25, 0.3) is 0 Å². The van der Waals surface area contributed by atoms with Crippen molar-refractivity contribution in [2.75, 3.05) is 6.54 Å². The summed E-state index contributed by atoms with van der Waals surface area (Å²) in [6, 6.07) is 6.56. The van der Waals surface area contributed by atoms with Crippen molar-refractivity contribution in [1.82, 2.24) is 4.90 Å². The first-order valence-corrected chi connectivity index (χ1v) is 8.37. The standard InChI is InChI=1S/C19H29NO2/c1-6-7-16-17-10-14(13(2)3)8-9-15(17)11-20(18(16)21)12-19(4,5)22/h8-10,13,16,22H,6-7,11-12H2,1-5H3. The van der Waals surface area contributed by atoms with Crippen molar-refractivity contribution < 1.29 is 9.90 Å². The third-order valence-electron chi connectivity index (χ3n) is 4.34. The fourth-order valence-corrected chi connectivity index (χ4v) is 3.25. The van der Waals surface area contributed by atoms with Crippen LogP contribution in [0.25, 0.3) is 0 Å². The average Bonchev–Trinajstić information content (AvgIpc) is 2.41. The lowest BCUT2D eigenvalue weighted by Crippen LogP contribution is -2.46. The monoisotopic (exact) mass is 303 g/mol. The molecule has 1 aromatic rings. The Balaban J connectivity index is 2.39. The number of carbonyl (C=O) groups is 1. The van der Waals surface area contributed by atoms with E-state index in [1.165, 1.54) is 16.7 Å². The molecular formula is C19H29NO2. The number of hydrogen-bond donors (Lipinski definition) is 1. The third kappa shape index (κ3) is 3.70. The minimum Gasteiger partial charge on any atom is -0.389 e. The molecule has 3 nitrogen and oxygen atoms in total. The second-order valence-electron chi connectivity index (χ2n) is 7.46. The van der Waals surface area contributed by atoms with E-state index in [0.29, 0.717) is 19.0 Å². The number of amides is 1. The van der Waals surface area contributed by atoms with Crippen molar-refractivity contribution in [3.05, 3.63) is 34.9 Å². The zero-order valence-corrected chi connectivity index (χ0v) is 14.5. The highest BCUT2D eigenvalue weighted by molar-refractivity contribution is 5.86. The van der Waals surface area contributed by atoms with E-state index in [4.69, 9.17) is 0 Å². The topological polar surface area (TPSA) is 40.5 Å². The Kier molecular flexibility index (Phi) is 4.96. The van der Waals surface area contributed by atoms with Crippen LogP contribution in [0.1, 0.15) is 76.0 Å². The normalized spacial score (nSPS) is 18.8. The van der Waals surface area contributed by atoms with Gasteiger partial charge >= 0.3 is 0 Å². The minimum absolute atomic E-state index is 0.0604. The summed E-state index contributed by atoms with van der Waals surface area (Å²) in [7, 11) is 0. The van der Waals surface area contributed by atoms with E-state index in [9.17, 15) is 9.90 Å². The largest absolute Gasteiger partial charge is 0.389 e. The molecule has 0 aliphatic carbocycles. The molecule has 1 aromatic carbocycles. The first-order chi connectivity index (χ1) is 10.2. The predicted molar refractivity (Wildman–Crippen MR) is 89.9 cm³/mol. The summed E-state index contributed by atoms with van der Waals surface area (Å²) in [6.07, 6.45) is 1.86. The van der Waals surface area contributed by atoms with E-state index in [0.717, 1.165) is 12.8 Å². The second kappa shape index (κ2) is 6.41. The van der Waals surface area contributed by atoms with E-state index < -0.39 is 5.60 Å². The van der Waals surface area contributed by atoms with Gasteiger partial charge in [0.05, 0.1) is 11.5 Å². The van der Waals surface area contributed by atoms with Gasteiger partial charge in [0, 0.05) is 13.1 Å². The maximum absolute atomic E-state index is 12.9. The van der Waals surface area contributed by atoms with E-state index in [2.05, 4.69) is 39.0 Å². The molecule has 0 aromatic heterocycles. The minimum atomic E-state index is -0.859. The quantitative estimate of drug-likeness (QED) is 0.898. The molecule has 1 aliphatic rings. The van der Waals surface area contributed by atoms with E-state index in [-0.39, 0.29) is 11.8 Å². The smallest absolute Gasteiger partial charge is 0.230 e. The lowest BCUT2D eigenvalue weighted by atomic mass is 9.83. The summed E-state index contributed by atoms with van der Waals surface area (Å²) in [5.41, 5.74) is 2.86. The molecule has 0 fully saturated rings. The molecule has 0 radical (unpaired) electrons. The number of rotatable bonds is 5. The van der Waals surface area contributed by atoms with Gasteiger partial charge in [-0.25, -0.2) is 0 Å². The maximum atomic E-state index is 12.9. The number of nitrogens with zero attached hydrogens (tertiary/aromatic N) is 1. The van der Waals surface area contributed by atoms with Gasteiger partial charge in [-0.15, -0.1) is 0 Å². The zero-order valence-electron chi connectivity index (χ0n) is 14.5. The highest BCUT2D eigenvalue weighted by Crippen LogP contribution is 2.35. The molecule has 1 amide bonds. The second-order valence-corrected chi connectivity index (χ2v) is 7.46. The van der Waals surface area contributed by atoms with E-state index in [1.54, 1.807) is 13.8 Å². The lowest BCUT2D eigenvalue weighted by Gasteiger charge is -2.37. The molecule has 1 N–H and O–H groups in total. The van der Waals surface area contributed by atoms with Gasteiger partial charge in [0.2, 0.25) is 5.91 Å². The number of β-amino-alcohol motifs (C(OH)–C–C–N with tert-alkyl or cyclic N) is 1. The van der Waals surface area contributed by atoms with Crippen molar-refractivity contribution in [3.63, 3.8) is 0 Å². The molecule has 1 heterocycles. The van der Waals surface area contributed by atoms with Crippen LogP contribution in [0.15, 0.2) is 18.2 Å². The molecule has 2 rings (SSSR count). The number of benzene rings is 1. The first kappa shape index (κ1) is 17.0. The summed E-state index contributed by atoms with van der Waals surface area (Å²) in [5.74, 6) is 0.573. The van der Waals surface area contributed by atoms with E-state index in [1.807, 2.05) is 4.90 Å². The fraction of sp³-hybridized carbons (Fsp3) is 0.632. The molecule has 0 saturated carbocycles. The van der Waals surface area contributed by atoms with Crippen LogP contribution in [0, 0.1) is 0 Å². The first-order valence-electron chi connectivity index (χ1n) is 8.37. The van der Waals surface area contributed by atoms with Gasteiger partial charge in [-0.1, -0.05) is 45.4 Å². The van der Waals surface area contributed by atoms with Crippen molar-refractivity contribution in [1.29, 1.82) is 0 Å². The van der Waals surface area contributed by atoms with Crippen LogP contribution in [0.3, 0.4) is 0 Å². The van der Waals surface area contributed by atoms with Crippen LogP contribution >= 0.6 is 0 Å². The Labute approximate surface area is 134 Å². The summed E-state index contributed by atoms with van der Waals surface area (Å²) >= 11 is 0. The molecule has 1 atom stereocenters. The van der Waals surface area contributed by atoms with Gasteiger partial charge in [0.15, 0.2) is 0 Å². The Morgan fingerprint density at radius 3 is 2.59 bits per heavy atom. The molecule has 3 heteroatoms. The molecular weight excluding hydrogens is 274 g/mol. The van der Waals surface area contributed by atoms with Crippen molar-refractivity contribution in [3.8, 4) is 0 Å². The molecule has 0 saturated heterocycles. The highest BCUT2D eigenvalue weighted by Gasteiger charge is 2.34. The third-order valence-corrected chi connectivity index (χ3v) is 4.34. The van der Waals surface area contributed by atoms with Gasteiger partial charge in [-0.05, 0) is 42.9 Å². The van der Waals surface area contributed by atoms with Crippen molar-refractivity contribution >= 4 is 5.91 Å². The molecule has 22 heavy (non-hydrogen) atoms. The zero-order chi connectivity index (χ0) is 16.5. The summed E-state index contributed by atoms with van der Waals surface area (Å²) < 4.78 is 0. The predicted octanol–water partition coefficient (Wildman–Crippen LogP) is 3.81. The molecule has 122 valence electrons. The van der Waals surface area contributed by atoms with Crippen LogP contribution in [0.4, 0.5) is 0 Å². The van der Waals surface area contributed by atoms with Crippen molar-refractivity contribution in [2.24, 2.45) is 0 Å². The highest BCUT2D eigenvalue weighted by atomic mass is 16.3. The molecule has 0 bridgehead atoms. The van der Waals surface area contributed by atoms with E-state index >= 15 is 0 Å². The number of aliphatic hydroxyl groups is 1. The molecule has 1 unspecified atom stereocenters. The Morgan fingerprint density at radius 1 is 1.36 bits per heavy atom. The van der Waals surface area contributed by atoms with Crippen molar-refractivity contribution in [2.45, 2.75) is 71.4 Å². The summed E-state index contributed by atoms with van der Waals surface area (Å²) in [5, 5.41) is 10.1. The number of carbonyl (C=O) groups excluding carboxylic acids is 1. The van der Waals surface area contributed by atoms with Crippen LogP contribution < -0.4 is 0 Å². The lowest BCUT2D eigenvalue weighted by molar-refractivity contribution is -0.137. The Morgan fingerprint density at radius 2 is 2.05 bits per heavy atom. The number of fused-ring (bicyclic) bond motifs is 1. The Hall–Kier alpha value is -1.35. The van der Waals surface area contributed by atoms with Crippen LogP contribution in [-0.2, 0) is 11.3 Å². The van der Waals surface area contributed by atoms with Gasteiger partial charge in [-0.2, -0.15) is 0 Å². The SMILES string of the molecule is CCCC1C(=O)N(CC(C)(C)O)Cc2ccc(C(C)C)cc21. The Bertz CT molecular complexity index is 543. The summed E-state index contributed by atoms with van der Waals surface area (Å²) in [4.78, 5) is 14.7. The molecule has 0 spiro atoms. The van der Waals surface area contributed by atoms with Crippen LogP contribution in [-0.4, -0.2) is 28.1 Å². The van der Waals surface area contributed by atoms with Crippen LogP contribution in [0.2, 0.25) is 0 Å². The fourth-order valence-electron chi connectivity index (χ4n) is 3.25. The van der Waals surface area contributed by atoms with Gasteiger partial charge < -0.3 is 10.0 Å². The molecule has 1 aliphatic heterocycles. The maximum Gasteiger partial charge on any atom is 0.230 e. The average molecular weight is 303 g/mol. The summed E-state index contributed by atoms with van der Waals surface area (Å²) in [6.45, 7) is 11.0. The van der Waals surface area contributed by atoms with Crippen LogP contribution in [0.5, 0.6) is 0 Å². The van der Waals surface area contributed by atoms with Gasteiger partial charge in [0.1, 0.15) is 0 Å².